The van der Waals surface area contributed by atoms with Crippen LogP contribution in [0.4, 0.5) is 5.69 Å². The van der Waals surface area contributed by atoms with Crippen LogP contribution in [0.3, 0.4) is 0 Å². The Morgan fingerprint density at radius 3 is 2.96 bits per heavy atom. The highest BCUT2D eigenvalue weighted by Crippen LogP contribution is 2.19. The number of carbonyl (C=O) groups excluding carboxylic acids is 1. The molecule has 1 fully saturated rings. The molecule has 2 aromatic rings. The summed E-state index contributed by atoms with van der Waals surface area (Å²) < 4.78 is 11.0. The molecule has 23 heavy (non-hydrogen) atoms. The average molecular weight is 312 g/mol. The molecule has 1 aromatic heterocycles. The maximum Gasteiger partial charge on any atom is 0.255 e. The van der Waals surface area contributed by atoms with Gasteiger partial charge in [-0.1, -0.05) is 12.1 Å². The number of ether oxygens (including phenoxy) is 2. The zero-order valence-corrected chi connectivity index (χ0v) is 13.3. The molecule has 0 spiro atoms. The number of benzene rings is 1. The van der Waals surface area contributed by atoms with Crippen LogP contribution in [0.15, 0.2) is 36.5 Å². The monoisotopic (exact) mass is 312 g/mol. The highest BCUT2D eigenvalue weighted by molar-refractivity contribution is 6.04. The van der Waals surface area contributed by atoms with Crippen molar-refractivity contribution < 1.29 is 14.3 Å². The lowest BCUT2D eigenvalue weighted by atomic mass is 10.1. The topological polar surface area (TPSA) is 60.5 Å². The molecule has 1 amide bonds. The molecule has 0 bridgehead atoms. The molecule has 5 heteroatoms. The lowest BCUT2D eigenvalue weighted by Crippen LogP contribution is -2.17. The Morgan fingerprint density at radius 2 is 2.17 bits per heavy atom. The SMILES string of the molecule is Cc1ccc(C)c(NC(=O)c2ccnc(OC3CCOC3)c2)c1. The van der Waals surface area contributed by atoms with E-state index >= 15 is 0 Å². The molecule has 0 aliphatic carbocycles. The Hall–Kier alpha value is -2.40. The quantitative estimate of drug-likeness (QED) is 0.942. The van der Waals surface area contributed by atoms with E-state index in [9.17, 15) is 4.79 Å². The number of aryl methyl sites for hydroxylation is 2. The summed E-state index contributed by atoms with van der Waals surface area (Å²) in [6, 6.07) is 9.32. The molecular formula is C18H20N2O3. The van der Waals surface area contributed by atoms with Crippen molar-refractivity contribution in [2.75, 3.05) is 18.5 Å². The minimum absolute atomic E-state index is 0.0137. The van der Waals surface area contributed by atoms with Crippen molar-refractivity contribution in [1.82, 2.24) is 4.98 Å². The summed E-state index contributed by atoms with van der Waals surface area (Å²) in [5.74, 6) is 0.280. The summed E-state index contributed by atoms with van der Waals surface area (Å²) in [7, 11) is 0. The van der Waals surface area contributed by atoms with Crippen LogP contribution in [0.5, 0.6) is 5.88 Å². The summed E-state index contributed by atoms with van der Waals surface area (Å²) in [6.07, 6.45) is 2.45. The van der Waals surface area contributed by atoms with Crippen LogP contribution in [-0.2, 0) is 4.74 Å². The molecule has 0 radical (unpaired) electrons. The number of nitrogens with one attached hydrogen (secondary N) is 1. The van der Waals surface area contributed by atoms with Crippen molar-refractivity contribution in [2.45, 2.75) is 26.4 Å². The number of pyridine rings is 1. The van der Waals surface area contributed by atoms with Gasteiger partial charge >= 0.3 is 0 Å². The van der Waals surface area contributed by atoms with Gasteiger partial charge < -0.3 is 14.8 Å². The van der Waals surface area contributed by atoms with Gasteiger partial charge in [-0.3, -0.25) is 4.79 Å². The van der Waals surface area contributed by atoms with E-state index < -0.39 is 0 Å². The molecule has 1 N–H and O–H groups in total. The van der Waals surface area contributed by atoms with Crippen molar-refractivity contribution >= 4 is 11.6 Å². The molecule has 1 aliphatic heterocycles. The molecule has 1 aromatic carbocycles. The molecule has 2 heterocycles. The highest BCUT2D eigenvalue weighted by Gasteiger charge is 2.18. The fourth-order valence-corrected chi connectivity index (χ4v) is 2.46. The number of aromatic nitrogens is 1. The third kappa shape index (κ3) is 3.87. The minimum atomic E-state index is -0.173. The maximum atomic E-state index is 12.4. The standard InChI is InChI=1S/C18H20N2O3/c1-12-3-4-13(2)16(9-12)20-18(21)14-5-7-19-17(10-14)23-15-6-8-22-11-15/h3-5,7,9-10,15H,6,8,11H2,1-2H3,(H,20,21). The van der Waals surface area contributed by atoms with Gasteiger partial charge in [0, 0.05) is 29.9 Å². The van der Waals surface area contributed by atoms with E-state index in [1.54, 1.807) is 18.3 Å². The Labute approximate surface area is 135 Å². The number of nitrogens with zero attached hydrogens (tertiary/aromatic N) is 1. The zero-order valence-electron chi connectivity index (χ0n) is 13.3. The average Bonchev–Trinajstić information content (AvgIpc) is 3.04. The van der Waals surface area contributed by atoms with E-state index in [4.69, 9.17) is 9.47 Å². The number of anilines is 1. The summed E-state index contributed by atoms with van der Waals surface area (Å²) in [6.45, 7) is 5.24. The van der Waals surface area contributed by atoms with Gasteiger partial charge in [0.1, 0.15) is 6.10 Å². The first-order chi connectivity index (χ1) is 11.1. The molecule has 1 saturated heterocycles. The van der Waals surface area contributed by atoms with Gasteiger partial charge in [0.15, 0.2) is 0 Å². The van der Waals surface area contributed by atoms with E-state index in [-0.39, 0.29) is 12.0 Å². The third-order valence-corrected chi connectivity index (χ3v) is 3.81. The fraction of sp³-hybridized carbons (Fsp3) is 0.333. The first kappa shape index (κ1) is 15.5. The first-order valence-electron chi connectivity index (χ1n) is 7.71. The Kier molecular flexibility index (Phi) is 4.57. The van der Waals surface area contributed by atoms with Gasteiger partial charge in [-0.25, -0.2) is 4.98 Å². The molecule has 3 rings (SSSR count). The lowest BCUT2D eigenvalue weighted by molar-refractivity contribution is 0.102. The molecule has 1 unspecified atom stereocenters. The second-order valence-corrected chi connectivity index (χ2v) is 5.76. The van der Waals surface area contributed by atoms with Crippen LogP contribution in [0, 0.1) is 13.8 Å². The summed E-state index contributed by atoms with van der Waals surface area (Å²) in [4.78, 5) is 16.6. The van der Waals surface area contributed by atoms with E-state index in [0.29, 0.717) is 24.7 Å². The van der Waals surface area contributed by atoms with Crippen LogP contribution >= 0.6 is 0 Å². The molecule has 1 aliphatic rings. The van der Waals surface area contributed by atoms with E-state index in [2.05, 4.69) is 10.3 Å². The predicted octanol–water partition coefficient (Wildman–Crippen LogP) is 3.12. The summed E-state index contributed by atoms with van der Waals surface area (Å²) in [5.41, 5.74) is 3.47. The van der Waals surface area contributed by atoms with Crippen LogP contribution in [0.25, 0.3) is 0 Å². The molecule has 0 saturated carbocycles. The van der Waals surface area contributed by atoms with Gasteiger partial charge in [0.25, 0.3) is 5.91 Å². The first-order valence-corrected chi connectivity index (χ1v) is 7.71. The van der Waals surface area contributed by atoms with E-state index in [0.717, 1.165) is 23.2 Å². The Morgan fingerprint density at radius 1 is 1.30 bits per heavy atom. The zero-order chi connectivity index (χ0) is 16.2. The Bertz CT molecular complexity index is 709. The van der Waals surface area contributed by atoms with Crippen molar-refractivity contribution in [3.05, 3.63) is 53.2 Å². The molecule has 1 atom stereocenters. The van der Waals surface area contributed by atoms with E-state index in [1.165, 1.54) is 0 Å². The Balaban J connectivity index is 1.72. The summed E-state index contributed by atoms with van der Waals surface area (Å²) >= 11 is 0. The van der Waals surface area contributed by atoms with Gasteiger partial charge in [0.05, 0.1) is 13.2 Å². The van der Waals surface area contributed by atoms with Gasteiger partial charge in [0.2, 0.25) is 5.88 Å². The third-order valence-electron chi connectivity index (χ3n) is 3.81. The van der Waals surface area contributed by atoms with Gasteiger partial charge in [-0.05, 0) is 37.1 Å². The van der Waals surface area contributed by atoms with Gasteiger partial charge in [-0.2, -0.15) is 0 Å². The predicted molar refractivity (Wildman–Crippen MR) is 88.0 cm³/mol. The molecule has 120 valence electrons. The van der Waals surface area contributed by atoms with Crippen LogP contribution in [-0.4, -0.2) is 30.2 Å². The number of carbonyl (C=O) groups is 1. The minimum Gasteiger partial charge on any atom is -0.472 e. The smallest absolute Gasteiger partial charge is 0.255 e. The number of rotatable bonds is 4. The number of amides is 1. The number of hydrogen-bond donors (Lipinski definition) is 1. The molecular weight excluding hydrogens is 292 g/mol. The largest absolute Gasteiger partial charge is 0.472 e. The van der Waals surface area contributed by atoms with Crippen molar-refractivity contribution in [2.24, 2.45) is 0 Å². The van der Waals surface area contributed by atoms with Gasteiger partial charge in [-0.15, -0.1) is 0 Å². The van der Waals surface area contributed by atoms with Crippen LogP contribution < -0.4 is 10.1 Å². The number of hydrogen-bond acceptors (Lipinski definition) is 4. The van der Waals surface area contributed by atoms with Crippen LogP contribution in [0.1, 0.15) is 27.9 Å². The highest BCUT2D eigenvalue weighted by atomic mass is 16.5. The van der Waals surface area contributed by atoms with E-state index in [1.807, 2.05) is 32.0 Å². The second-order valence-electron chi connectivity index (χ2n) is 5.76. The molecule has 5 nitrogen and oxygen atoms in total. The summed E-state index contributed by atoms with van der Waals surface area (Å²) in [5, 5.41) is 2.94. The fourth-order valence-electron chi connectivity index (χ4n) is 2.46. The second kappa shape index (κ2) is 6.79. The lowest BCUT2D eigenvalue weighted by Gasteiger charge is -2.12. The van der Waals surface area contributed by atoms with Crippen molar-refractivity contribution in [1.29, 1.82) is 0 Å². The normalized spacial score (nSPS) is 17.0. The van der Waals surface area contributed by atoms with Crippen molar-refractivity contribution in [3.63, 3.8) is 0 Å². The maximum absolute atomic E-state index is 12.4. The van der Waals surface area contributed by atoms with Crippen molar-refractivity contribution in [3.8, 4) is 5.88 Å². The van der Waals surface area contributed by atoms with Crippen LogP contribution in [0.2, 0.25) is 0 Å².